The van der Waals surface area contributed by atoms with E-state index in [1.54, 1.807) is 33.2 Å². The van der Waals surface area contributed by atoms with E-state index in [4.69, 9.17) is 5.11 Å². The number of nitrogens with zero attached hydrogens (tertiary/aromatic N) is 1. The number of carboxylic acids is 1. The SMILES string of the molecule is Cc1ccc(NC(=O)N(C)C)c(C(=O)O)c1. The summed E-state index contributed by atoms with van der Waals surface area (Å²) >= 11 is 0. The minimum Gasteiger partial charge on any atom is -0.478 e. The molecule has 0 aromatic heterocycles. The van der Waals surface area contributed by atoms with E-state index in [1.165, 1.54) is 11.0 Å². The van der Waals surface area contributed by atoms with E-state index in [-0.39, 0.29) is 11.6 Å². The minimum absolute atomic E-state index is 0.0928. The summed E-state index contributed by atoms with van der Waals surface area (Å²) in [6.45, 7) is 1.80. The van der Waals surface area contributed by atoms with E-state index in [9.17, 15) is 9.59 Å². The maximum atomic E-state index is 11.4. The maximum absolute atomic E-state index is 11.4. The predicted molar refractivity (Wildman–Crippen MR) is 60.8 cm³/mol. The molecule has 0 spiro atoms. The molecular formula is C11H14N2O3. The van der Waals surface area contributed by atoms with E-state index in [2.05, 4.69) is 5.32 Å². The predicted octanol–water partition coefficient (Wildman–Crippen LogP) is 1.79. The number of benzene rings is 1. The lowest BCUT2D eigenvalue weighted by atomic mass is 10.1. The number of carbonyl (C=O) groups excluding carboxylic acids is 1. The fourth-order valence-corrected chi connectivity index (χ4v) is 1.17. The molecule has 86 valence electrons. The highest BCUT2D eigenvalue weighted by Gasteiger charge is 2.13. The number of nitrogens with one attached hydrogen (secondary N) is 1. The average Bonchev–Trinajstić information content (AvgIpc) is 2.20. The number of amides is 2. The van der Waals surface area contributed by atoms with Crippen LogP contribution in [-0.2, 0) is 0 Å². The topological polar surface area (TPSA) is 69.6 Å². The quantitative estimate of drug-likeness (QED) is 0.801. The van der Waals surface area contributed by atoms with Crippen LogP contribution >= 0.6 is 0 Å². The number of urea groups is 1. The molecular weight excluding hydrogens is 208 g/mol. The van der Waals surface area contributed by atoms with Gasteiger partial charge in [0.05, 0.1) is 11.3 Å². The summed E-state index contributed by atoms with van der Waals surface area (Å²) in [5.41, 5.74) is 1.23. The number of rotatable bonds is 2. The molecule has 0 unspecified atom stereocenters. The van der Waals surface area contributed by atoms with Gasteiger partial charge < -0.3 is 15.3 Å². The van der Waals surface area contributed by atoms with Gasteiger partial charge in [0.25, 0.3) is 0 Å². The molecule has 0 atom stereocenters. The van der Waals surface area contributed by atoms with Crippen LogP contribution < -0.4 is 5.32 Å². The summed E-state index contributed by atoms with van der Waals surface area (Å²) in [6.07, 6.45) is 0. The molecule has 16 heavy (non-hydrogen) atoms. The Hall–Kier alpha value is -2.04. The highest BCUT2D eigenvalue weighted by molar-refractivity contribution is 6.00. The third-order valence-corrected chi connectivity index (χ3v) is 2.05. The van der Waals surface area contributed by atoms with Crippen molar-refractivity contribution in [2.45, 2.75) is 6.92 Å². The lowest BCUT2D eigenvalue weighted by Gasteiger charge is -2.13. The number of hydrogen-bond acceptors (Lipinski definition) is 2. The number of anilines is 1. The molecule has 2 amide bonds. The lowest BCUT2D eigenvalue weighted by Crippen LogP contribution is -2.28. The summed E-state index contributed by atoms with van der Waals surface area (Å²) in [7, 11) is 3.17. The Bertz CT molecular complexity index is 427. The van der Waals surface area contributed by atoms with Gasteiger partial charge in [-0.3, -0.25) is 0 Å². The number of carboxylic acid groups (broad SMARTS) is 1. The normalized spacial score (nSPS) is 9.69. The van der Waals surface area contributed by atoms with Crippen LogP contribution in [0.3, 0.4) is 0 Å². The van der Waals surface area contributed by atoms with Crippen LogP contribution in [0.5, 0.6) is 0 Å². The van der Waals surface area contributed by atoms with Crippen molar-refractivity contribution >= 4 is 17.7 Å². The van der Waals surface area contributed by atoms with Gasteiger partial charge in [0.1, 0.15) is 0 Å². The van der Waals surface area contributed by atoms with Crippen molar-refractivity contribution in [1.29, 1.82) is 0 Å². The van der Waals surface area contributed by atoms with Gasteiger partial charge in [-0.1, -0.05) is 11.6 Å². The van der Waals surface area contributed by atoms with Gasteiger partial charge in [-0.05, 0) is 19.1 Å². The first-order chi connectivity index (χ1) is 7.41. The molecule has 0 saturated heterocycles. The average molecular weight is 222 g/mol. The number of hydrogen-bond donors (Lipinski definition) is 2. The van der Waals surface area contributed by atoms with Crippen LogP contribution in [0.4, 0.5) is 10.5 Å². The Morgan fingerprint density at radius 1 is 1.31 bits per heavy atom. The second kappa shape index (κ2) is 4.65. The largest absolute Gasteiger partial charge is 0.478 e. The summed E-state index contributed by atoms with van der Waals surface area (Å²) in [6, 6.07) is 4.50. The van der Waals surface area contributed by atoms with Gasteiger partial charge >= 0.3 is 12.0 Å². The third kappa shape index (κ3) is 2.73. The molecule has 0 saturated carbocycles. The van der Waals surface area contributed by atoms with Crippen LogP contribution in [0.2, 0.25) is 0 Å². The molecule has 0 bridgehead atoms. The molecule has 0 fully saturated rings. The highest BCUT2D eigenvalue weighted by Crippen LogP contribution is 2.17. The molecule has 0 radical (unpaired) electrons. The first kappa shape index (κ1) is 12.0. The Balaban J connectivity index is 3.04. The van der Waals surface area contributed by atoms with Crippen LogP contribution in [-0.4, -0.2) is 36.1 Å². The zero-order valence-electron chi connectivity index (χ0n) is 9.44. The van der Waals surface area contributed by atoms with Crippen molar-refractivity contribution in [2.24, 2.45) is 0 Å². The highest BCUT2D eigenvalue weighted by atomic mass is 16.4. The van der Waals surface area contributed by atoms with Crippen molar-refractivity contribution < 1.29 is 14.7 Å². The first-order valence-corrected chi connectivity index (χ1v) is 4.74. The number of aryl methyl sites for hydroxylation is 1. The number of aromatic carboxylic acids is 1. The fourth-order valence-electron chi connectivity index (χ4n) is 1.17. The van der Waals surface area contributed by atoms with Gasteiger partial charge in [-0.2, -0.15) is 0 Å². The Kier molecular flexibility index (Phi) is 3.50. The van der Waals surface area contributed by atoms with Crippen LogP contribution in [0.1, 0.15) is 15.9 Å². The van der Waals surface area contributed by atoms with Gasteiger partial charge in [0.2, 0.25) is 0 Å². The van der Waals surface area contributed by atoms with Crippen molar-refractivity contribution in [3.8, 4) is 0 Å². The van der Waals surface area contributed by atoms with E-state index in [1.807, 2.05) is 0 Å². The van der Waals surface area contributed by atoms with Crippen LogP contribution in [0.15, 0.2) is 18.2 Å². The van der Waals surface area contributed by atoms with Gasteiger partial charge in [-0.25, -0.2) is 9.59 Å². The van der Waals surface area contributed by atoms with E-state index < -0.39 is 5.97 Å². The number of carbonyl (C=O) groups is 2. The Morgan fingerprint density at radius 2 is 1.94 bits per heavy atom. The first-order valence-electron chi connectivity index (χ1n) is 4.74. The molecule has 5 nitrogen and oxygen atoms in total. The van der Waals surface area contributed by atoms with E-state index in [0.29, 0.717) is 5.69 Å². The zero-order valence-corrected chi connectivity index (χ0v) is 9.44. The van der Waals surface area contributed by atoms with E-state index >= 15 is 0 Å². The Morgan fingerprint density at radius 3 is 2.44 bits per heavy atom. The maximum Gasteiger partial charge on any atom is 0.337 e. The molecule has 5 heteroatoms. The summed E-state index contributed by atoms with van der Waals surface area (Å²) in [4.78, 5) is 23.7. The standard InChI is InChI=1S/C11H14N2O3/c1-7-4-5-9(8(6-7)10(14)15)12-11(16)13(2)3/h4-6H,1-3H3,(H,12,16)(H,14,15). The second-order valence-electron chi connectivity index (χ2n) is 3.68. The van der Waals surface area contributed by atoms with Crippen molar-refractivity contribution in [3.63, 3.8) is 0 Å². The third-order valence-electron chi connectivity index (χ3n) is 2.05. The molecule has 1 aromatic carbocycles. The zero-order chi connectivity index (χ0) is 12.3. The summed E-state index contributed by atoms with van der Waals surface area (Å²) in [5, 5.41) is 11.5. The molecule has 0 heterocycles. The summed E-state index contributed by atoms with van der Waals surface area (Å²) < 4.78 is 0. The summed E-state index contributed by atoms with van der Waals surface area (Å²) in [5.74, 6) is -1.06. The second-order valence-corrected chi connectivity index (χ2v) is 3.68. The van der Waals surface area contributed by atoms with Crippen LogP contribution in [0, 0.1) is 6.92 Å². The fraction of sp³-hybridized carbons (Fsp3) is 0.273. The molecule has 0 aliphatic rings. The molecule has 0 aliphatic carbocycles. The van der Waals surface area contributed by atoms with Crippen molar-refractivity contribution in [2.75, 3.05) is 19.4 Å². The van der Waals surface area contributed by atoms with E-state index in [0.717, 1.165) is 5.56 Å². The van der Waals surface area contributed by atoms with Crippen molar-refractivity contribution in [1.82, 2.24) is 4.90 Å². The Labute approximate surface area is 93.7 Å². The van der Waals surface area contributed by atoms with Crippen molar-refractivity contribution in [3.05, 3.63) is 29.3 Å². The molecule has 2 N–H and O–H groups in total. The molecule has 0 aliphatic heterocycles. The minimum atomic E-state index is -1.06. The van der Waals surface area contributed by atoms with Gasteiger partial charge in [0, 0.05) is 14.1 Å². The van der Waals surface area contributed by atoms with Gasteiger partial charge in [-0.15, -0.1) is 0 Å². The van der Waals surface area contributed by atoms with Crippen LogP contribution in [0.25, 0.3) is 0 Å². The van der Waals surface area contributed by atoms with Gasteiger partial charge in [0.15, 0.2) is 0 Å². The molecule has 1 aromatic rings. The smallest absolute Gasteiger partial charge is 0.337 e. The monoisotopic (exact) mass is 222 g/mol. The lowest BCUT2D eigenvalue weighted by molar-refractivity contribution is 0.0698. The molecule has 1 rings (SSSR count).